The highest BCUT2D eigenvalue weighted by atomic mass is 32.1. The van der Waals surface area contributed by atoms with E-state index in [9.17, 15) is 5.11 Å². The molecule has 2 aromatic heterocycles. The predicted octanol–water partition coefficient (Wildman–Crippen LogP) is 3.19. The molecule has 0 bridgehead atoms. The molecular formula is C12H15NOS2. The van der Waals surface area contributed by atoms with E-state index in [1.807, 2.05) is 23.6 Å². The Bertz CT molecular complexity index is 356. The average Bonchev–Trinajstić information content (AvgIpc) is 2.95. The van der Waals surface area contributed by atoms with Crippen LogP contribution in [0, 0.1) is 0 Å². The Balaban J connectivity index is 1.84. The van der Waals surface area contributed by atoms with Gasteiger partial charge in [0.25, 0.3) is 0 Å². The van der Waals surface area contributed by atoms with Crippen LogP contribution in [-0.4, -0.2) is 11.7 Å². The van der Waals surface area contributed by atoms with E-state index < -0.39 is 6.10 Å². The molecule has 2 unspecified atom stereocenters. The number of aliphatic hydroxyl groups is 1. The van der Waals surface area contributed by atoms with Gasteiger partial charge in [-0.1, -0.05) is 12.1 Å². The maximum Gasteiger partial charge on any atom is 0.101 e. The summed E-state index contributed by atoms with van der Waals surface area (Å²) in [5, 5.41) is 17.3. The van der Waals surface area contributed by atoms with Crippen LogP contribution in [0.1, 0.15) is 28.8 Å². The van der Waals surface area contributed by atoms with Crippen LogP contribution >= 0.6 is 22.7 Å². The van der Waals surface area contributed by atoms with Gasteiger partial charge in [-0.2, -0.15) is 0 Å². The van der Waals surface area contributed by atoms with Crippen molar-refractivity contribution in [2.24, 2.45) is 0 Å². The molecule has 0 aliphatic carbocycles. The second kappa shape index (κ2) is 5.59. The second-order valence-corrected chi connectivity index (χ2v) is 5.64. The fourth-order valence-corrected chi connectivity index (χ4v) is 2.98. The number of nitrogens with one attached hydrogen (secondary N) is 1. The van der Waals surface area contributed by atoms with Crippen LogP contribution in [0.15, 0.2) is 35.0 Å². The minimum absolute atomic E-state index is 0.301. The van der Waals surface area contributed by atoms with Crippen molar-refractivity contribution in [1.29, 1.82) is 0 Å². The molecule has 2 nitrogen and oxygen atoms in total. The first-order valence-corrected chi connectivity index (χ1v) is 7.01. The first kappa shape index (κ1) is 11.8. The van der Waals surface area contributed by atoms with E-state index in [4.69, 9.17) is 0 Å². The van der Waals surface area contributed by atoms with Crippen LogP contribution < -0.4 is 5.32 Å². The molecule has 2 N–H and O–H groups in total. The molecule has 0 aliphatic rings. The lowest BCUT2D eigenvalue weighted by Gasteiger charge is -2.15. The molecule has 2 aromatic rings. The van der Waals surface area contributed by atoms with Gasteiger partial charge in [0, 0.05) is 22.3 Å². The largest absolute Gasteiger partial charge is 0.386 e. The lowest BCUT2D eigenvalue weighted by Crippen LogP contribution is -2.23. The summed E-state index contributed by atoms with van der Waals surface area (Å²) in [6.45, 7) is 2.71. The van der Waals surface area contributed by atoms with Gasteiger partial charge in [-0.3, -0.25) is 0 Å². The highest BCUT2D eigenvalue weighted by molar-refractivity contribution is 7.10. The molecule has 86 valence electrons. The number of aliphatic hydroxyl groups excluding tert-OH is 1. The molecule has 2 atom stereocenters. The maximum absolute atomic E-state index is 9.91. The maximum atomic E-state index is 9.91. The molecule has 0 fully saturated rings. The van der Waals surface area contributed by atoms with Crippen molar-refractivity contribution in [1.82, 2.24) is 5.32 Å². The highest BCUT2D eigenvalue weighted by Crippen LogP contribution is 2.21. The average molecular weight is 253 g/mol. The first-order chi connectivity index (χ1) is 7.77. The van der Waals surface area contributed by atoms with Gasteiger partial charge in [0.1, 0.15) is 6.10 Å². The van der Waals surface area contributed by atoms with Crippen molar-refractivity contribution in [2.45, 2.75) is 19.1 Å². The molecule has 4 heteroatoms. The van der Waals surface area contributed by atoms with Crippen molar-refractivity contribution in [3.8, 4) is 0 Å². The monoisotopic (exact) mass is 253 g/mol. The third-order valence-corrected chi connectivity index (χ3v) is 4.49. The van der Waals surface area contributed by atoms with E-state index in [-0.39, 0.29) is 0 Å². The topological polar surface area (TPSA) is 32.3 Å². The Kier molecular flexibility index (Phi) is 4.12. The molecule has 0 spiro atoms. The van der Waals surface area contributed by atoms with Gasteiger partial charge in [0.2, 0.25) is 0 Å². The van der Waals surface area contributed by atoms with Gasteiger partial charge in [-0.25, -0.2) is 0 Å². The molecular weight excluding hydrogens is 238 g/mol. The van der Waals surface area contributed by atoms with Crippen molar-refractivity contribution in [2.75, 3.05) is 6.54 Å². The van der Waals surface area contributed by atoms with Crippen molar-refractivity contribution in [3.05, 3.63) is 44.8 Å². The van der Waals surface area contributed by atoms with Crippen LogP contribution in [0.5, 0.6) is 0 Å². The first-order valence-electron chi connectivity index (χ1n) is 5.25. The van der Waals surface area contributed by atoms with Gasteiger partial charge < -0.3 is 10.4 Å². The Morgan fingerprint density at radius 2 is 1.81 bits per heavy atom. The number of thiophene rings is 2. The molecule has 16 heavy (non-hydrogen) atoms. The molecule has 2 rings (SSSR count). The van der Waals surface area contributed by atoms with Gasteiger partial charge in [0.15, 0.2) is 0 Å². The van der Waals surface area contributed by atoms with E-state index in [1.165, 1.54) is 4.88 Å². The molecule has 0 saturated carbocycles. The summed E-state index contributed by atoms with van der Waals surface area (Å²) in [4.78, 5) is 2.32. The third kappa shape index (κ3) is 2.92. The van der Waals surface area contributed by atoms with E-state index in [2.05, 4.69) is 23.7 Å². The minimum atomic E-state index is -0.401. The van der Waals surface area contributed by atoms with Gasteiger partial charge >= 0.3 is 0 Å². The molecule has 0 saturated heterocycles. The quantitative estimate of drug-likeness (QED) is 0.857. The third-order valence-electron chi connectivity index (χ3n) is 2.46. The summed E-state index contributed by atoms with van der Waals surface area (Å²) in [5.41, 5.74) is 0. The molecule has 0 aliphatic heterocycles. The van der Waals surface area contributed by atoms with Crippen molar-refractivity contribution < 1.29 is 5.11 Å². The van der Waals surface area contributed by atoms with Crippen LogP contribution in [0.25, 0.3) is 0 Å². The molecule has 2 heterocycles. The van der Waals surface area contributed by atoms with E-state index in [0.717, 1.165) is 4.88 Å². The van der Waals surface area contributed by atoms with Gasteiger partial charge in [0.05, 0.1) is 0 Å². The van der Waals surface area contributed by atoms with E-state index in [1.54, 1.807) is 22.7 Å². The lowest BCUT2D eigenvalue weighted by atomic mass is 10.2. The number of rotatable bonds is 5. The van der Waals surface area contributed by atoms with Crippen LogP contribution in [0.3, 0.4) is 0 Å². The molecule has 0 aromatic carbocycles. The summed E-state index contributed by atoms with van der Waals surface area (Å²) in [5.74, 6) is 0. The predicted molar refractivity (Wildman–Crippen MR) is 70.0 cm³/mol. The Morgan fingerprint density at radius 1 is 1.19 bits per heavy atom. The van der Waals surface area contributed by atoms with Crippen LogP contribution in [0.2, 0.25) is 0 Å². The smallest absolute Gasteiger partial charge is 0.101 e. The number of hydrogen-bond donors (Lipinski definition) is 2. The zero-order valence-electron chi connectivity index (χ0n) is 9.09. The minimum Gasteiger partial charge on any atom is -0.386 e. The highest BCUT2D eigenvalue weighted by Gasteiger charge is 2.11. The summed E-state index contributed by atoms with van der Waals surface area (Å²) in [6, 6.07) is 8.39. The normalized spacial score (nSPS) is 14.9. The van der Waals surface area contributed by atoms with Crippen molar-refractivity contribution in [3.63, 3.8) is 0 Å². The summed E-state index contributed by atoms with van der Waals surface area (Å²) in [6.07, 6.45) is -0.401. The zero-order chi connectivity index (χ0) is 11.4. The number of hydrogen-bond acceptors (Lipinski definition) is 4. The molecule has 0 amide bonds. The zero-order valence-corrected chi connectivity index (χ0v) is 10.7. The summed E-state index contributed by atoms with van der Waals surface area (Å²) in [7, 11) is 0. The van der Waals surface area contributed by atoms with Crippen LogP contribution in [0.4, 0.5) is 0 Å². The molecule has 0 radical (unpaired) electrons. The van der Waals surface area contributed by atoms with Crippen LogP contribution in [-0.2, 0) is 0 Å². The fraction of sp³-hybridized carbons (Fsp3) is 0.333. The van der Waals surface area contributed by atoms with Gasteiger partial charge in [-0.15, -0.1) is 22.7 Å². The lowest BCUT2D eigenvalue weighted by molar-refractivity contribution is 0.174. The summed E-state index contributed by atoms with van der Waals surface area (Å²) >= 11 is 3.33. The SMILES string of the molecule is CC(NCC(O)c1cccs1)c1cccs1. The Hall–Kier alpha value is -0.680. The van der Waals surface area contributed by atoms with E-state index >= 15 is 0 Å². The standard InChI is InChI=1S/C12H15NOS2/c1-9(11-4-2-6-15-11)13-8-10(14)12-5-3-7-16-12/h2-7,9-10,13-14H,8H2,1H3. The second-order valence-electron chi connectivity index (χ2n) is 3.68. The summed E-state index contributed by atoms with van der Waals surface area (Å²) < 4.78 is 0. The fourth-order valence-electron chi connectivity index (χ4n) is 1.51. The Morgan fingerprint density at radius 3 is 2.38 bits per heavy atom. The van der Waals surface area contributed by atoms with E-state index in [0.29, 0.717) is 12.6 Å². The Labute approximate surface area is 104 Å². The van der Waals surface area contributed by atoms with Gasteiger partial charge in [-0.05, 0) is 29.8 Å². The van der Waals surface area contributed by atoms with Crippen molar-refractivity contribution >= 4 is 22.7 Å².